The van der Waals surface area contributed by atoms with Gasteiger partial charge in [0.25, 0.3) is 0 Å². The molecule has 0 spiro atoms. The van der Waals surface area contributed by atoms with Gasteiger partial charge in [0.1, 0.15) is 5.82 Å². The minimum Gasteiger partial charge on any atom is -0.205 e. The fourth-order valence-electron chi connectivity index (χ4n) is 2.53. The van der Waals surface area contributed by atoms with Gasteiger partial charge < -0.3 is 0 Å². The predicted octanol–water partition coefficient (Wildman–Crippen LogP) is 6.70. The van der Waals surface area contributed by atoms with Gasteiger partial charge >= 0.3 is 0 Å². The van der Waals surface area contributed by atoms with Crippen molar-refractivity contribution in [1.82, 2.24) is 0 Å². The van der Waals surface area contributed by atoms with Gasteiger partial charge in [0.2, 0.25) is 0 Å². The minimum atomic E-state index is -0.401. The molecule has 0 saturated heterocycles. The van der Waals surface area contributed by atoms with Crippen molar-refractivity contribution in [2.75, 3.05) is 0 Å². The van der Waals surface area contributed by atoms with E-state index >= 15 is 0 Å². The Morgan fingerprint density at radius 2 is 1.70 bits per heavy atom. The Labute approximate surface area is 129 Å². The zero-order valence-corrected chi connectivity index (χ0v) is 13.1. The minimum absolute atomic E-state index is 0.137. The third-order valence-electron chi connectivity index (χ3n) is 3.67. The van der Waals surface area contributed by atoms with Crippen LogP contribution in [0.1, 0.15) is 38.2 Å². The Bertz CT molecular complexity index is 604. The lowest BCUT2D eigenvalue weighted by Gasteiger charge is -2.18. The van der Waals surface area contributed by atoms with Gasteiger partial charge in [0.15, 0.2) is 0 Å². The van der Waals surface area contributed by atoms with Gasteiger partial charge in [-0.1, -0.05) is 49.2 Å². The molecule has 20 heavy (non-hydrogen) atoms. The second-order valence-electron chi connectivity index (χ2n) is 4.87. The van der Waals surface area contributed by atoms with E-state index in [0.29, 0.717) is 10.9 Å². The Morgan fingerprint density at radius 1 is 1.00 bits per heavy atom. The number of rotatable bonds is 4. The quantitative estimate of drug-likeness (QED) is 0.589. The highest BCUT2D eigenvalue weighted by molar-refractivity contribution is 6.31. The van der Waals surface area contributed by atoms with Crippen LogP contribution in [0.15, 0.2) is 36.4 Å². The normalized spacial score (nSPS) is 11.1. The number of halogens is 3. The fourth-order valence-corrected chi connectivity index (χ4v) is 2.88. The average molecular weight is 311 g/mol. The number of hydrogen-bond donors (Lipinski definition) is 0. The molecule has 2 rings (SSSR count). The van der Waals surface area contributed by atoms with Crippen LogP contribution >= 0.6 is 23.2 Å². The summed E-state index contributed by atoms with van der Waals surface area (Å²) in [5.41, 5.74) is 3.18. The van der Waals surface area contributed by atoms with E-state index in [1.165, 1.54) is 11.6 Å². The summed E-state index contributed by atoms with van der Waals surface area (Å²) in [7, 11) is 0. The molecule has 3 heteroatoms. The molecular weight excluding hydrogens is 294 g/mol. The molecule has 0 atom stereocenters. The van der Waals surface area contributed by atoms with Crippen molar-refractivity contribution in [3.63, 3.8) is 0 Å². The molecule has 106 valence electrons. The van der Waals surface area contributed by atoms with E-state index in [-0.39, 0.29) is 5.02 Å². The van der Waals surface area contributed by atoms with Crippen LogP contribution in [0, 0.1) is 5.82 Å². The first-order valence-corrected chi connectivity index (χ1v) is 7.57. The Kier molecular flexibility index (Phi) is 5.06. The summed E-state index contributed by atoms with van der Waals surface area (Å²) < 4.78 is 13.3. The molecule has 2 aromatic carbocycles. The summed E-state index contributed by atoms with van der Waals surface area (Å²) >= 11 is 12.0. The molecule has 0 aliphatic rings. The molecule has 0 N–H and O–H groups in total. The molecule has 0 unspecified atom stereocenters. The van der Waals surface area contributed by atoms with Crippen molar-refractivity contribution < 1.29 is 4.39 Å². The van der Waals surface area contributed by atoms with Crippen molar-refractivity contribution >= 4 is 23.2 Å². The summed E-state index contributed by atoms with van der Waals surface area (Å²) in [6.45, 7) is 4.34. The van der Waals surface area contributed by atoms with Crippen molar-refractivity contribution in [3.8, 4) is 11.1 Å². The van der Waals surface area contributed by atoms with Crippen LogP contribution in [0.3, 0.4) is 0 Å². The Balaban J connectivity index is 2.59. The molecule has 0 nitrogen and oxygen atoms in total. The summed E-state index contributed by atoms with van der Waals surface area (Å²) in [6.07, 6.45) is 2.11. The van der Waals surface area contributed by atoms with Crippen molar-refractivity contribution in [2.45, 2.75) is 32.6 Å². The molecule has 0 fully saturated rings. The van der Waals surface area contributed by atoms with Crippen LogP contribution in [-0.2, 0) is 0 Å². The molecule has 0 amide bonds. The topological polar surface area (TPSA) is 0 Å². The van der Waals surface area contributed by atoms with Crippen LogP contribution in [-0.4, -0.2) is 0 Å². The van der Waals surface area contributed by atoms with Crippen LogP contribution in [0.2, 0.25) is 10.0 Å². The van der Waals surface area contributed by atoms with Gasteiger partial charge in [0.05, 0.1) is 5.02 Å². The molecular formula is C17H17Cl2F. The van der Waals surface area contributed by atoms with Gasteiger partial charge in [-0.25, -0.2) is 4.39 Å². The van der Waals surface area contributed by atoms with E-state index in [4.69, 9.17) is 23.2 Å². The summed E-state index contributed by atoms with van der Waals surface area (Å²) in [5, 5.41) is 0.813. The molecule has 0 radical (unpaired) electrons. The zero-order valence-electron chi connectivity index (χ0n) is 11.6. The largest absolute Gasteiger partial charge is 0.205 e. The van der Waals surface area contributed by atoms with Crippen LogP contribution < -0.4 is 0 Å². The highest BCUT2D eigenvalue weighted by atomic mass is 35.5. The van der Waals surface area contributed by atoms with E-state index in [1.54, 1.807) is 12.1 Å². The van der Waals surface area contributed by atoms with E-state index in [1.807, 2.05) is 12.1 Å². The maximum atomic E-state index is 13.3. The number of hydrogen-bond acceptors (Lipinski definition) is 0. The van der Waals surface area contributed by atoms with Crippen LogP contribution in [0.5, 0.6) is 0 Å². The molecule has 0 bridgehead atoms. The van der Waals surface area contributed by atoms with E-state index in [9.17, 15) is 4.39 Å². The van der Waals surface area contributed by atoms with Gasteiger partial charge in [-0.3, -0.25) is 0 Å². The van der Waals surface area contributed by atoms with Gasteiger partial charge in [-0.2, -0.15) is 0 Å². The summed E-state index contributed by atoms with van der Waals surface area (Å²) in [4.78, 5) is 0. The Morgan fingerprint density at radius 3 is 2.30 bits per heavy atom. The summed E-state index contributed by atoms with van der Waals surface area (Å²) in [6, 6.07) is 10.7. The standard InChI is InChI=1S/C17H17Cl2F/c1-3-11(4-2)14-7-6-13(18)10-15(14)12-5-8-17(20)16(19)9-12/h5-11H,3-4H2,1-2H3. The average Bonchev–Trinajstić information content (AvgIpc) is 2.44. The van der Waals surface area contributed by atoms with Crippen molar-refractivity contribution in [2.24, 2.45) is 0 Å². The Hall–Kier alpha value is -1.05. The van der Waals surface area contributed by atoms with Crippen molar-refractivity contribution in [3.05, 3.63) is 57.8 Å². The third-order valence-corrected chi connectivity index (χ3v) is 4.20. The van der Waals surface area contributed by atoms with Gasteiger partial charge in [-0.15, -0.1) is 0 Å². The first-order chi connectivity index (χ1) is 9.56. The zero-order chi connectivity index (χ0) is 14.7. The van der Waals surface area contributed by atoms with E-state index < -0.39 is 5.82 Å². The monoisotopic (exact) mass is 310 g/mol. The lowest BCUT2D eigenvalue weighted by Crippen LogP contribution is -1.98. The smallest absolute Gasteiger partial charge is 0.141 e. The molecule has 0 aliphatic carbocycles. The molecule has 2 aromatic rings. The lowest BCUT2D eigenvalue weighted by molar-refractivity contribution is 0.628. The first-order valence-electron chi connectivity index (χ1n) is 6.81. The van der Waals surface area contributed by atoms with Gasteiger partial charge in [0, 0.05) is 5.02 Å². The van der Waals surface area contributed by atoms with E-state index in [0.717, 1.165) is 24.0 Å². The molecule has 0 heterocycles. The SMILES string of the molecule is CCC(CC)c1ccc(Cl)cc1-c1ccc(F)c(Cl)c1. The molecule has 0 saturated carbocycles. The van der Waals surface area contributed by atoms with Crippen LogP contribution in [0.25, 0.3) is 11.1 Å². The molecule has 0 aliphatic heterocycles. The maximum Gasteiger partial charge on any atom is 0.141 e. The summed E-state index contributed by atoms with van der Waals surface area (Å²) in [5.74, 6) is 0.0626. The predicted molar refractivity (Wildman–Crippen MR) is 85.2 cm³/mol. The highest BCUT2D eigenvalue weighted by Gasteiger charge is 2.14. The van der Waals surface area contributed by atoms with Gasteiger partial charge in [-0.05, 0) is 59.7 Å². The lowest BCUT2D eigenvalue weighted by atomic mass is 9.87. The second kappa shape index (κ2) is 6.60. The third kappa shape index (κ3) is 3.16. The number of benzene rings is 2. The maximum absolute atomic E-state index is 13.3. The highest BCUT2D eigenvalue weighted by Crippen LogP contribution is 2.36. The fraction of sp³-hybridized carbons (Fsp3) is 0.294. The molecule has 0 aromatic heterocycles. The second-order valence-corrected chi connectivity index (χ2v) is 5.72. The first kappa shape index (κ1) is 15.3. The van der Waals surface area contributed by atoms with Crippen molar-refractivity contribution in [1.29, 1.82) is 0 Å². The van der Waals surface area contributed by atoms with E-state index in [2.05, 4.69) is 19.9 Å². The van der Waals surface area contributed by atoms with Crippen LogP contribution in [0.4, 0.5) is 4.39 Å².